The van der Waals surface area contributed by atoms with Crippen LogP contribution in [0.2, 0.25) is 0 Å². The Morgan fingerprint density at radius 1 is 1.06 bits per heavy atom. The lowest BCUT2D eigenvalue weighted by Crippen LogP contribution is -2.40. The number of benzene rings is 2. The SMILES string of the molecule is CCNC(=O)Nc1ccc(-c2sc3c(c2CN(C)CCOC)c(=O)n(-c2nc(C)ccc2O)c(=O)n3Cc2c(F)cccc2F)cc1. The summed E-state index contributed by atoms with van der Waals surface area (Å²) in [6, 6.07) is 12.9. The van der Waals surface area contributed by atoms with Gasteiger partial charge >= 0.3 is 11.7 Å². The standard InChI is InChI=1S/C33H34F2N6O5S/c1-5-36-32(44)38-21-12-10-20(11-13-21)28-23(17-39(3)15-16-46-4)27-30(43)41(29-26(42)14-9-19(2)37-29)33(45)40(31(27)47-28)18-22-24(34)7-6-8-25(22)35/h6-14,42H,5,15-18H2,1-4H3,(H2,36,38,44). The number of methoxy groups -OCH3 is 1. The molecule has 14 heteroatoms. The van der Waals surface area contributed by atoms with Gasteiger partial charge in [-0.25, -0.2) is 27.9 Å². The maximum Gasteiger partial charge on any atom is 0.338 e. The summed E-state index contributed by atoms with van der Waals surface area (Å²) in [5.41, 5.74) is 0.181. The van der Waals surface area contributed by atoms with Gasteiger partial charge < -0.3 is 20.5 Å². The summed E-state index contributed by atoms with van der Waals surface area (Å²) in [6.07, 6.45) is 0. The van der Waals surface area contributed by atoms with Crippen molar-refractivity contribution in [3.05, 3.63) is 104 Å². The molecule has 246 valence electrons. The number of anilines is 1. The van der Waals surface area contributed by atoms with E-state index >= 15 is 0 Å². The van der Waals surface area contributed by atoms with E-state index in [9.17, 15) is 28.3 Å². The summed E-state index contributed by atoms with van der Waals surface area (Å²) in [5, 5.41) is 16.3. The summed E-state index contributed by atoms with van der Waals surface area (Å²) >= 11 is 1.13. The Kier molecular flexibility index (Phi) is 10.1. The molecule has 3 heterocycles. The summed E-state index contributed by atoms with van der Waals surface area (Å²) < 4.78 is 37.1. The average Bonchev–Trinajstić information content (AvgIpc) is 3.40. The topological polar surface area (TPSA) is 131 Å². The lowest BCUT2D eigenvalue weighted by Gasteiger charge is -2.18. The predicted molar refractivity (Wildman–Crippen MR) is 178 cm³/mol. The molecule has 47 heavy (non-hydrogen) atoms. The van der Waals surface area contributed by atoms with Crippen LogP contribution in [0, 0.1) is 18.6 Å². The maximum absolute atomic E-state index is 15.0. The molecule has 0 fully saturated rings. The maximum atomic E-state index is 15.0. The molecule has 0 aliphatic heterocycles. The van der Waals surface area contributed by atoms with Crippen molar-refractivity contribution in [2.45, 2.75) is 26.9 Å². The second kappa shape index (κ2) is 14.2. The minimum absolute atomic E-state index is 0.137. The van der Waals surface area contributed by atoms with E-state index < -0.39 is 35.2 Å². The van der Waals surface area contributed by atoms with Crippen molar-refractivity contribution in [2.75, 3.05) is 39.2 Å². The molecular weight excluding hydrogens is 630 g/mol. The fourth-order valence-corrected chi connectivity index (χ4v) is 6.46. The zero-order valence-corrected chi connectivity index (χ0v) is 27.1. The molecule has 2 aromatic carbocycles. The van der Waals surface area contributed by atoms with Crippen molar-refractivity contribution in [1.82, 2.24) is 24.3 Å². The number of ether oxygens (including phenoxy) is 1. The minimum Gasteiger partial charge on any atom is -0.504 e. The second-order valence-electron chi connectivity index (χ2n) is 10.9. The monoisotopic (exact) mass is 664 g/mol. The van der Waals surface area contributed by atoms with Gasteiger partial charge in [0.05, 0.1) is 18.5 Å². The van der Waals surface area contributed by atoms with Crippen LogP contribution in [0.3, 0.4) is 0 Å². The highest BCUT2D eigenvalue weighted by Gasteiger charge is 2.27. The van der Waals surface area contributed by atoms with Crippen LogP contribution in [0.15, 0.2) is 64.2 Å². The first kappa shape index (κ1) is 33.4. The van der Waals surface area contributed by atoms with Crippen molar-refractivity contribution in [3.8, 4) is 22.0 Å². The number of hydrogen-bond acceptors (Lipinski definition) is 8. The zero-order chi connectivity index (χ0) is 33.8. The summed E-state index contributed by atoms with van der Waals surface area (Å²) in [4.78, 5) is 47.7. The summed E-state index contributed by atoms with van der Waals surface area (Å²) in [5.74, 6) is -2.42. The van der Waals surface area contributed by atoms with E-state index in [1.807, 2.05) is 11.9 Å². The predicted octanol–water partition coefficient (Wildman–Crippen LogP) is 4.84. The Bertz CT molecular complexity index is 2040. The number of thiophene rings is 1. The number of pyridine rings is 1. The van der Waals surface area contributed by atoms with Gasteiger partial charge in [-0.1, -0.05) is 18.2 Å². The number of aromatic nitrogens is 3. The van der Waals surface area contributed by atoms with Gasteiger partial charge in [0.15, 0.2) is 11.6 Å². The summed E-state index contributed by atoms with van der Waals surface area (Å²) in [6.45, 7) is 4.54. The molecule has 2 amide bonds. The highest BCUT2D eigenvalue weighted by Crippen LogP contribution is 2.38. The molecule has 0 saturated carbocycles. The van der Waals surface area contributed by atoms with Crippen molar-refractivity contribution in [2.24, 2.45) is 0 Å². The number of likely N-dealkylation sites (N-methyl/N-ethyl adjacent to an activating group) is 1. The van der Waals surface area contributed by atoms with Gasteiger partial charge in [-0.2, -0.15) is 0 Å². The fraction of sp³-hybridized carbons (Fsp3) is 0.273. The second-order valence-corrected chi connectivity index (χ2v) is 11.9. The average molecular weight is 665 g/mol. The number of hydrogen-bond donors (Lipinski definition) is 3. The van der Waals surface area contributed by atoms with E-state index in [-0.39, 0.29) is 34.2 Å². The molecule has 11 nitrogen and oxygen atoms in total. The number of urea groups is 1. The van der Waals surface area contributed by atoms with Crippen LogP contribution >= 0.6 is 11.3 Å². The summed E-state index contributed by atoms with van der Waals surface area (Å²) in [7, 11) is 3.43. The number of amides is 2. The molecule has 0 aliphatic carbocycles. The van der Waals surface area contributed by atoms with Gasteiger partial charge in [0.1, 0.15) is 16.5 Å². The Balaban J connectivity index is 1.82. The Morgan fingerprint density at radius 3 is 2.43 bits per heavy atom. The molecule has 0 bridgehead atoms. The molecule has 3 N–H and O–H groups in total. The van der Waals surface area contributed by atoms with Crippen molar-refractivity contribution >= 4 is 33.3 Å². The lowest BCUT2D eigenvalue weighted by molar-refractivity contribution is 0.159. The van der Waals surface area contributed by atoms with Crippen LogP contribution in [0.1, 0.15) is 23.7 Å². The molecule has 3 aromatic heterocycles. The number of rotatable bonds is 11. The molecule has 0 radical (unpaired) electrons. The number of carbonyl (C=O) groups excluding carboxylic acids is 1. The molecule has 0 unspecified atom stereocenters. The van der Waals surface area contributed by atoms with E-state index in [1.54, 1.807) is 45.2 Å². The van der Waals surface area contributed by atoms with Gasteiger partial charge in [0.25, 0.3) is 5.56 Å². The molecule has 0 spiro atoms. The van der Waals surface area contributed by atoms with Crippen LogP contribution in [-0.4, -0.2) is 64.0 Å². The molecule has 5 aromatic rings. The van der Waals surface area contributed by atoms with Crippen molar-refractivity contribution < 1.29 is 23.4 Å². The largest absolute Gasteiger partial charge is 0.504 e. The first-order valence-corrected chi connectivity index (χ1v) is 15.6. The number of halogens is 2. The number of nitrogens with zero attached hydrogens (tertiary/aromatic N) is 4. The van der Waals surface area contributed by atoms with Gasteiger partial charge in [-0.15, -0.1) is 11.3 Å². The zero-order valence-electron chi connectivity index (χ0n) is 26.3. The van der Waals surface area contributed by atoms with Crippen LogP contribution in [0.25, 0.3) is 26.5 Å². The van der Waals surface area contributed by atoms with Crippen molar-refractivity contribution in [3.63, 3.8) is 0 Å². The fourth-order valence-electron chi connectivity index (χ4n) is 5.16. The minimum atomic E-state index is -0.924. The first-order chi connectivity index (χ1) is 22.5. The number of fused-ring (bicyclic) bond motifs is 1. The third-order valence-electron chi connectivity index (χ3n) is 7.50. The van der Waals surface area contributed by atoms with E-state index in [0.29, 0.717) is 47.1 Å². The van der Waals surface area contributed by atoms with Crippen LogP contribution < -0.4 is 21.9 Å². The quantitative estimate of drug-likeness (QED) is 0.184. The Hall–Kier alpha value is -4.92. The smallest absolute Gasteiger partial charge is 0.338 e. The first-order valence-electron chi connectivity index (χ1n) is 14.8. The third-order valence-corrected chi connectivity index (χ3v) is 8.81. The Labute approximate surface area is 272 Å². The molecule has 0 atom stereocenters. The van der Waals surface area contributed by atoms with Gasteiger partial charge in [0.2, 0.25) is 0 Å². The lowest BCUT2D eigenvalue weighted by atomic mass is 10.1. The molecular formula is C33H34F2N6O5S. The normalized spacial score (nSPS) is 11.4. The van der Waals surface area contributed by atoms with E-state index in [0.717, 1.165) is 32.6 Å². The Morgan fingerprint density at radius 2 is 1.77 bits per heavy atom. The number of aryl methyl sites for hydroxylation is 1. The number of nitrogens with one attached hydrogen (secondary N) is 2. The van der Waals surface area contributed by atoms with E-state index in [1.165, 1.54) is 18.2 Å². The van der Waals surface area contributed by atoms with Crippen LogP contribution in [0.4, 0.5) is 19.3 Å². The molecule has 0 aliphatic rings. The highest BCUT2D eigenvalue weighted by atomic mass is 32.1. The molecule has 0 saturated heterocycles. The van der Waals surface area contributed by atoms with Crippen molar-refractivity contribution in [1.29, 1.82) is 0 Å². The van der Waals surface area contributed by atoms with Gasteiger partial charge in [-0.3, -0.25) is 14.3 Å². The highest BCUT2D eigenvalue weighted by molar-refractivity contribution is 7.22. The van der Waals surface area contributed by atoms with Crippen LogP contribution in [0.5, 0.6) is 5.75 Å². The van der Waals surface area contributed by atoms with Gasteiger partial charge in [-0.05, 0) is 68.4 Å². The van der Waals surface area contributed by atoms with Crippen LogP contribution in [-0.2, 0) is 17.8 Å². The molecule has 5 rings (SSSR count). The van der Waals surface area contributed by atoms with E-state index in [4.69, 9.17) is 4.74 Å². The number of carbonyl (C=O) groups is 1. The number of aromatic hydroxyl groups is 1. The van der Waals surface area contributed by atoms with Gasteiger partial charge in [0, 0.05) is 48.6 Å². The third kappa shape index (κ3) is 6.94. The van der Waals surface area contributed by atoms with E-state index in [2.05, 4.69) is 15.6 Å².